The van der Waals surface area contributed by atoms with Gasteiger partial charge in [0.25, 0.3) is 0 Å². The quantitative estimate of drug-likeness (QED) is 0.0261. The van der Waals surface area contributed by atoms with Crippen LogP contribution in [0.4, 0.5) is 0 Å². The Morgan fingerprint density at radius 3 is 0.735 bits per heavy atom. The highest BCUT2D eigenvalue weighted by atomic mass is 16.6. The first-order chi connectivity index (χ1) is 41.0. The average molecular weight is 1140 g/mol. The summed E-state index contributed by atoms with van der Waals surface area (Å²) in [6, 6.07) is 0. The molecule has 0 aliphatic carbocycles. The third-order valence-corrected chi connectivity index (χ3v) is 13.7. The fourth-order valence-corrected chi connectivity index (χ4v) is 8.71. The highest BCUT2D eigenvalue weighted by Gasteiger charge is 2.19. The molecular formula is C77H122O6. The van der Waals surface area contributed by atoms with Crippen LogP contribution in [-0.2, 0) is 28.6 Å². The van der Waals surface area contributed by atoms with Crippen molar-refractivity contribution >= 4 is 17.9 Å². The van der Waals surface area contributed by atoms with E-state index in [1.165, 1.54) is 51.4 Å². The van der Waals surface area contributed by atoms with E-state index >= 15 is 0 Å². The maximum atomic E-state index is 12.9. The normalized spacial score (nSPS) is 13.2. The Morgan fingerprint density at radius 2 is 0.470 bits per heavy atom. The molecule has 0 fully saturated rings. The third kappa shape index (κ3) is 67.4. The first kappa shape index (κ1) is 77.8. The molecule has 1 atom stereocenters. The van der Waals surface area contributed by atoms with Gasteiger partial charge in [-0.3, -0.25) is 14.4 Å². The van der Waals surface area contributed by atoms with Gasteiger partial charge in [-0.25, -0.2) is 0 Å². The van der Waals surface area contributed by atoms with E-state index in [2.05, 4.69) is 191 Å². The lowest BCUT2D eigenvalue weighted by Gasteiger charge is -2.18. The summed E-state index contributed by atoms with van der Waals surface area (Å²) in [5.74, 6) is -0.946. The highest BCUT2D eigenvalue weighted by molar-refractivity contribution is 5.71. The molecule has 83 heavy (non-hydrogen) atoms. The van der Waals surface area contributed by atoms with Gasteiger partial charge in [-0.2, -0.15) is 0 Å². The van der Waals surface area contributed by atoms with Crippen molar-refractivity contribution in [1.82, 2.24) is 0 Å². The summed E-state index contributed by atoms with van der Waals surface area (Å²) in [7, 11) is 0. The number of ether oxygens (including phenoxy) is 3. The van der Waals surface area contributed by atoms with E-state index in [0.717, 1.165) is 186 Å². The molecule has 6 heteroatoms. The molecule has 0 saturated heterocycles. The molecule has 0 saturated carbocycles. The van der Waals surface area contributed by atoms with Crippen molar-refractivity contribution in [3.05, 3.63) is 170 Å². The van der Waals surface area contributed by atoms with Crippen LogP contribution in [0.5, 0.6) is 0 Å². The van der Waals surface area contributed by atoms with Crippen LogP contribution in [0.25, 0.3) is 0 Å². The van der Waals surface area contributed by atoms with Crippen molar-refractivity contribution in [2.45, 2.75) is 284 Å². The Hall–Kier alpha value is -5.23. The average Bonchev–Trinajstić information content (AvgIpc) is 3.49. The molecule has 0 aromatic carbocycles. The van der Waals surface area contributed by atoms with Crippen molar-refractivity contribution < 1.29 is 28.6 Å². The van der Waals surface area contributed by atoms with Crippen LogP contribution < -0.4 is 0 Å². The van der Waals surface area contributed by atoms with Crippen molar-refractivity contribution in [2.75, 3.05) is 13.2 Å². The highest BCUT2D eigenvalue weighted by Crippen LogP contribution is 2.14. The Kier molecular flexibility index (Phi) is 64.9. The molecule has 0 aromatic heterocycles. The number of unbranched alkanes of at least 4 members (excludes halogenated alkanes) is 20. The molecule has 0 aliphatic rings. The zero-order valence-corrected chi connectivity index (χ0v) is 53.4. The van der Waals surface area contributed by atoms with Gasteiger partial charge < -0.3 is 14.2 Å². The van der Waals surface area contributed by atoms with Gasteiger partial charge in [0.15, 0.2) is 6.10 Å². The number of carbonyl (C=O) groups is 3. The summed E-state index contributed by atoms with van der Waals surface area (Å²) in [5, 5.41) is 0. The summed E-state index contributed by atoms with van der Waals surface area (Å²) in [5.41, 5.74) is 0. The molecule has 1 unspecified atom stereocenters. The van der Waals surface area contributed by atoms with Crippen molar-refractivity contribution in [1.29, 1.82) is 0 Å². The van der Waals surface area contributed by atoms with E-state index in [1.807, 2.05) is 0 Å². The van der Waals surface area contributed by atoms with E-state index in [9.17, 15) is 14.4 Å². The van der Waals surface area contributed by atoms with Crippen molar-refractivity contribution in [3.63, 3.8) is 0 Å². The second-order valence-corrected chi connectivity index (χ2v) is 21.6. The first-order valence-electron chi connectivity index (χ1n) is 33.6. The lowest BCUT2D eigenvalue weighted by Crippen LogP contribution is -2.30. The number of hydrogen-bond acceptors (Lipinski definition) is 6. The van der Waals surface area contributed by atoms with Gasteiger partial charge in [0.05, 0.1) is 0 Å². The molecule has 0 N–H and O–H groups in total. The van der Waals surface area contributed by atoms with Crippen LogP contribution in [0, 0.1) is 0 Å². The first-order valence-corrected chi connectivity index (χ1v) is 33.6. The maximum absolute atomic E-state index is 12.9. The molecule has 0 aromatic rings. The molecular weight excluding hydrogens is 1020 g/mol. The molecule has 0 amide bonds. The van der Waals surface area contributed by atoms with Crippen LogP contribution in [0.15, 0.2) is 170 Å². The van der Waals surface area contributed by atoms with Crippen LogP contribution >= 0.6 is 0 Å². The lowest BCUT2D eigenvalue weighted by atomic mass is 10.1. The molecule has 0 bridgehead atoms. The smallest absolute Gasteiger partial charge is 0.306 e. The van der Waals surface area contributed by atoms with Crippen LogP contribution in [0.2, 0.25) is 0 Å². The Bertz CT molecular complexity index is 1890. The number of hydrogen-bond donors (Lipinski definition) is 0. The van der Waals surface area contributed by atoms with Gasteiger partial charge in [-0.05, 0) is 154 Å². The third-order valence-electron chi connectivity index (χ3n) is 13.7. The number of rotatable bonds is 59. The van der Waals surface area contributed by atoms with E-state index in [4.69, 9.17) is 14.2 Å². The predicted molar refractivity (Wildman–Crippen MR) is 361 cm³/mol. The standard InChI is InChI=1S/C77H122O6/c1-4-7-10-13-16-19-22-25-28-30-32-33-34-35-36-37-38-39-40-41-42-43-45-46-49-52-55-58-61-64-67-70-76(79)82-73-74(72-81-75(78)69-66-63-60-57-54-51-48-27-24-21-18-15-12-9-6-3)83-77(80)71-68-65-62-59-56-53-50-47-44-31-29-26-23-20-17-14-11-8-5-2/h7-8,10-11,16-21,25-29,32-33,35-36,38-39,41-42,44-48,74H,4-6,9,12-15,22-24,30-31,34,37,40,43,49-73H2,1-3H3/b10-7-,11-8-,19-16-,20-17-,21-18-,28-25-,29-26-,33-32-,36-35-,39-38-,42-41-,46-45-,47-44-,48-27-. The summed E-state index contributed by atoms with van der Waals surface area (Å²) in [6.07, 6.45) is 102. The largest absolute Gasteiger partial charge is 0.462 e. The Morgan fingerprint density at radius 1 is 0.253 bits per heavy atom. The minimum absolute atomic E-state index is 0.103. The summed E-state index contributed by atoms with van der Waals surface area (Å²) < 4.78 is 16.9. The fraction of sp³-hybridized carbons (Fsp3) is 0.597. The summed E-state index contributed by atoms with van der Waals surface area (Å²) >= 11 is 0. The number of esters is 3. The second-order valence-electron chi connectivity index (χ2n) is 21.6. The Labute approximate surface area is 511 Å². The number of allylic oxidation sites excluding steroid dienone is 28. The molecule has 0 heterocycles. The molecule has 0 radical (unpaired) electrons. The summed E-state index contributed by atoms with van der Waals surface area (Å²) in [4.78, 5) is 38.4. The minimum Gasteiger partial charge on any atom is -0.462 e. The van der Waals surface area contributed by atoms with Crippen LogP contribution in [-0.4, -0.2) is 37.2 Å². The SMILES string of the molecule is CC/C=C\C/C=C\C/C=C\C/C=C\C/C=C\C/C=C\C/C=C\C/C=C\CCCCCCCCC(=O)OCC(COC(=O)CCCCCCC/C=C\C/C=C\CCCCC)OC(=O)CCCCCCCC/C=C\C/C=C\C/C=C\C/C=C\CC. The van der Waals surface area contributed by atoms with Gasteiger partial charge in [-0.15, -0.1) is 0 Å². The maximum Gasteiger partial charge on any atom is 0.306 e. The van der Waals surface area contributed by atoms with Gasteiger partial charge in [0.2, 0.25) is 0 Å². The van der Waals surface area contributed by atoms with Crippen LogP contribution in [0.1, 0.15) is 278 Å². The minimum atomic E-state index is -0.809. The van der Waals surface area contributed by atoms with Crippen LogP contribution in [0.3, 0.4) is 0 Å². The van der Waals surface area contributed by atoms with Gasteiger partial charge >= 0.3 is 17.9 Å². The zero-order valence-electron chi connectivity index (χ0n) is 53.4. The van der Waals surface area contributed by atoms with Crippen molar-refractivity contribution in [2.24, 2.45) is 0 Å². The van der Waals surface area contributed by atoms with E-state index in [1.54, 1.807) is 0 Å². The number of carbonyl (C=O) groups excluding carboxylic acids is 3. The topological polar surface area (TPSA) is 78.9 Å². The molecule has 0 rings (SSSR count). The van der Waals surface area contributed by atoms with E-state index in [-0.39, 0.29) is 31.1 Å². The molecule has 0 spiro atoms. The van der Waals surface area contributed by atoms with E-state index in [0.29, 0.717) is 19.3 Å². The molecule has 0 aliphatic heterocycles. The Balaban J connectivity index is 4.42. The monoisotopic (exact) mass is 1140 g/mol. The van der Waals surface area contributed by atoms with E-state index < -0.39 is 6.10 Å². The lowest BCUT2D eigenvalue weighted by molar-refractivity contribution is -0.167. The van der Waals surface area contributed by atoms with Crippen molar-refractivity contribution in [3.8, 4) is 0 Å². The van der Waals surface area contributed by atoms with Gasteiger partial charge in [0.1, 0.15) is 13.2 Å². The predicted octanol–water partition coefficient (Wildman–Crippen LogP) is 23.4. The zero-order chi connectivity index (χ0) is 59.9. The molecule has 466 valence electrons. The second kappa shape index (κ2) is 69.3. The summed E-state index contributed by atoms with van der Waals surface area (Å²) in [6.45, 7) is 6.35. The van der Waals surface area contributed by atoms with Gasteiger partial charge in [-0.1, -0.05) is 274 Å². The fourth-order valence-electron chi connectivity index (χ4n) is 8.71. The van der Waals surface area contributed by atoms with Gasteiger partial charge in [0, 0.05) is 19.3 Å². The molecule has 6 nitrogen and oxygen atoms in total.